The Hall–Kier alpha value is -4.21. The van der Waals surface area contributed by atoms with Gasteiger partial charge in [-0.3, -0.25) is 9.78 Å². The lowest BCUT2D eigenvalue weighted by Crippen LogP contribution is -2.32. The Labute approximate surface area is 195 Å². The van der Waals surface area contributed by atoms with Crippen LogP contribution in [0.4, 0.5) is 4.79 Å². The van der Waals surface area contributed by atoms with Crippen molar-refractivity contribution in [3.63, 3.8) is 0 Å². The molecule has 10 nitrogen and oxygen atoms in total. The highest BCUT2D eigenvalue weighted by Crippen LogP contribution is 2.28. The van der Waals surface area contributed by atoms with Gasteiger partial charge in [-0.05, 0) is 39.0 Å². The maximum atomic E-state index is 12.8. The van der Waals surface area contributed by atoms with Gasteiger partial charge in [0.05, 0.1) is 6.54 Å². The highest BCUT2D eigenvalue weighted by atomic mass is 16.6. The largest absolute Gasteiger partial charge is 0.459 e. The zero-order valence-corrected chi connectivity index (χ0v) is 19.1. The molecule has 0 spiro atoms. The number of carbonyl (C=O) groups excluding carboxylic acids is 2. The first-order chi connectivity index (χ1) is 16.3. The first-order valence-corrected chi connectivity index (χ1v) is 10.7. The third-order valence-corrected chi connectivity index (χ3v) is 4.66. The number of alkyl carbamates (subject to hydrolysis) is 1. The summed E-state index contributed by atoms with van der Waals surface area (Å²) in [4.78, 5) is 28.8. The lowest BCUT2D eigenvalue weighted by atomic mass is 10.1. The van der Waals surface area contributed by atoms with Crippen LogP contribution in [-0.4, -0.2) is 32.8 Å². The summed E-state index contributed by atoms with van der Waals surface area (Å²) in [7, 11) is 0. The van der Waals surface area contributed by atoms with E-state index in [0.717, 1.165) is 16.5 Å². The second kappa shape index (κ2) is 9.74. The number of furan rings is 1. The molecule has 0 radical (unpaired) electrons. The number of hydrogen-bond donors (Lipinski definition) is 2. The molecule has 176 valence electrons. The van der Waals surface area contributed by atoms with Crippen molar-refractivity contribution in [1.82, 2.24) is 25.8 Å². The highest BCUT2D eigenvalue weighted by molar-refractivity contribution is 5.80. The number of aromatic nitrogens is 3. The number of amides is 2. The van der Waals surface area contributed by atoms with Crippen LogP contribution in [0.5, 0.6) is 0 Å². The minimum atomic E-state index is -0.618. The van der Waals surface area contributed by atoms with E-state index in [1.54, 1.807) is 39.2 Å². The summed E-state index contributed by atoms with van der Waals surface area (Å²) >= 11 is 0. The van der Waals surface area contributed by atoms with Crippen LogP contribution >= 0.6 is 0 Å². The van der Waals surface area contributed by atoms with Gasteiger partial charge in [0, 0.05) is 23.3 Å². The third kappa shape index (κ3) is 5.97. The topological polar surface area (TPSA) is 132 Å². The van der Waals surface area contributed by atoms with E-state index < -0.39 is 17.7 Å². The Balaban J connectivity index is 1.42. The van der Waals surface area contributed by atoms with Crippen LogP contribution in [0.15, 0.2) is 63.7 Å². The average Bonchev–Trinajstić information content (AvgIpc) is 3.42. The molecule has 0 aliphatic carbocycles. The predicted octanol–water partition coefficient (Wildman–Crippen LogP) is 3.68. The molecule has 34 heavy (non-hydrogen) atoms. The Morgan fingerprint density at radius 3 is 2.59 bits per heavy atom. The van der Waals surface area contributed by atoms with Crippen LogP contribution in [0.3, 0.4) is 0 Å². The van der Waals surface area contributed by atoms with Crippen LogP contribution in [0.25, 0.3) is 11.0 Å². The van der Waals surface area contributed by atoms with Crippen LogP contribution in [0, 0.1) is 0 Å². The van der Waals surface area contributed by atoms with Crippen molar-refractivity contribution in [3.05, 3.63) is 78.0 Å². The second-order valence-electron chi connectivity index (χ2n) is 8.60. The van der Waals surface area contributed by atoms with Gasteiger partial charge in [0.2, 0.25) is 17.7 Å². The Morgan fingerprint density at radius 2 is 1.85 bits per heavy atom. The van der Waals surface area contributed by atoms with E-state index in [0.29, 0.717) is 5.76 Å². The van der Waals surface area contributed by atoms with Crippen molar-refractivity contribution in [2.45, 2.75) is 45.4 Å². The van der Waals surface area contributed by atoms with Crippen molar-refractivity contribution in [3.8, 4) is 0 Å². The minimum absolute atomic E-state index is 0.0131. The summed E-state index contributed by atoms with van der Waals surface area (Å²) in [5.74, 6) is 0.516. The van der Waals surface area contributed by atoms with E-state index in [1.807, 2.05) is 36.4 Å². The molecule has 3 aromatic heterocycles. The molecule has 2 amide bonds. The number of rotatable bonds is 7. The summed E-state index contributed by atoms with van der Waals surface area (Å²) in [5, 5.41) is 14.2. The average molecular weight is 463 g/mol. The number of benzene rings is 1. The summed E-state index contributed by atoms with van der Waals surface area (Å²) in [6.45, 7) is 5.28. The molecule has 1 atom stereocenters. The number of pyridine rings is 1. The normalized spacial score (nSPS) is 12.3. The predicted molar refractivity (Wildman–Crippen MR) is 122 cm³/mol. The molecular weight excluding hydrogens is 438 g/mol. The van der Waals surface area contributed by atoms with Gasteiger partial charge in [-0.2, -0.15) is 0 Å². The van der Waals surface area contributed by atoms with Gasteiger partial charge in [0.15, 0.2) is 0 Å². The molecule has 4 rings (SSSR count). The fraction of sp³-hybridized carbons (Fsp3) is 0.292. The lowest BCUT2D eigenvalue weighted by Gasteiger charge is -2.19. The van der Waals surface area contributed by atoms with Gasteiger partial charge >= 0.3 is 6.09 Å². The summed E-state index contributed by atoms with van der Waals surface area (Å²) in [6.07, 6.45) is 2.59. The monoisotopic (exact) mass is 463 g/mol. The number of ether oxygens (including phenoxy) is 1. The van der Waals surface area contributed by atoms with E-state index >= 15 is 0 Å². The molecule has 10 heteroatoms. The van der Waals surface area contributed by atoms with Gasteiger partial charge in [-0.1, -0.05) is 24.3 Å². The van der Waals surface area contributed by atoms with Gasteiger partial charge in [-0.15, -0.1) is 10.2 Å². The molecule has 0 saturated heterocycles. The molecule has 0 bridgehead atoms. The van der Waals surface area contributed by atoms with Crippen LogP contribution in [0.2, 0.25) is 0 Å². The minimum Gasteiger partial charge on any atom is -0.459 e. The number of nitrogens with zero attached hydrogens (tertiary/aromatic N) is 3. The van der Waals surface area contributed by atoms with E-state index in [9.17, 15) is 9.59 Å². The Bertz CT molecular complexity index is 1240. The van der Waals surface area contributed by atoms with Crippen molar-refractivity contribution < 1.29 is 23.2 Å². The van der Waals surface area contributed by atoms with E-state index in [4.69, 9.17) is 13.6 Å². The summed E-state index contributed by atoms with van der Waals surface area (Å²) < 4.78 is 16.6. The third-order valence-electron chi connectivity index (χ3n) is 4.66. The Kier molecular flexibility index (Phi) is 6.58. The molecule has 1 unspecified atom stereocenters. The maximum absolute atomic E-state index is 12.8. The van der Waals surface area contributed by atoms with Crippen molar-refractivity contribution in [2.75, 3.05) is 0 Å². The quantitative estimate of drug-likeness (QED) is 0.424. The number of fused-ring (bicyclic) bond motifs is 1. The number of carbonyl (C=O) groups is 2. The Morgan fingerprint density at radius 1 is 1.06 bits per heavy atom. The maximum Gasteiger partial charge on any atom is 0.408 e. The van der Waals surface area contributed by atoms with Crippen LogP contribution in [0.1, 0.15) is 49.9 Å². The van der Waals surface area contributed by atoms with Gasteiger partial charge in [0.1, 0.15) is 29.4 Å². The molecule has 0 aliphatic heterocycles. The van der Waals surface area contributed by atoms with E-state index in [-0.39, 0.29) is 30.7 Å². The standard InChI is InChI=1S/C24H25N5O5/c1-24(2,3)34-23(31)26-14-21-29-28-20(33-21)12-19(30)27-22(16-8-6-10-25-13-16)18-11-15-7-4-5-9-17(15)32-18/h4-11,13,22H,12,14H2,1-3H3,(H,26,31)(H,27,30). The summed E-state index contributed by atoms with van der Waals surface area (Å²) in [5.41, 5.74) is 0.870. The van der Waals surface area contributed by atoms with Crippen molar-refractivity contribution >= 4 is 23.0 Å². The second-order valence-corrected chi connectivity index (χ2v) is 8.60. The first kappa shape index (κ1) is 23.0. The zero-order chi connectivity index (χ0) is 24.1. The van der Waals surface area contributed by atoms with Crippen molar-refractivity contribution in [2.24, 2.45) is 0 Å². The number of para-hydroxylation sites is 1. The van der Waals surface area contributed by atoms with Crippen LogP contribution in [-0.2, 0) is 22.5 Å². The number of hydrogen-bond acceptors (Lipinski definition) is 8. The lowest BCUT2D eigenvalue weighted by molar-refractivity contribution is -0.121. The molecule has 0 fully saturated rings. The van der Waals surface area contributed by atoms with E-state index in [1.165, 1.54) is 0 Å². The molecule has 4 aromatic rings. The molecular formula is C24H25N5O5. The molecule has 1 aromatic carbocycles. The summed E-state index contributed by atoms with van der Waals surface area (Å²) in [6, 6.07) is 12.6. The first-order valence-electron chi connectivity index (χ1n) is 10.7. The molecule has 2 N–H and O–H groups in total. The molecule has 0 aliphatic rings. The van der Waals surface area contributed by atoms with Gasteiger partial charge in [-0.25, -0.2) is 4.79 Å². The van der Waals surface area contributed by atoms with Crippen molar-refractivity contribution in [1.29, 1.82) is 0 Å². The molecule has 3 heterocycles. The van der Waals surface area contributed by atoms with Crippen LogP contribution < -0.4 is 10.6 Å². The smallest absolute Gasteiger partial charge is 0.408 e. The van der Waals surface area contributed by atoms with Gasteiger partial charge < -0.3 is 24.2 Å². The highest BCUT2D eigenvalue weighted by Gasteiger charge is 2.23. The zero-order valence-electron chi connectivity index (χ0n) is 19.1. The van der Waals surface area contributed by atoms with E-state index in [2.05, 4.69) is 25.8 Å². The van der Waals surface area contributed by atoms with Gasteiger partial charge in [0.25, 0.3) is 0 Å². The molecule has 0 saturated carbocycles. The number of nitrogens with one attached hydrogen (secondary N) is 2. The fourth-order valence-electron chi connectivity index (χ4n) is 3.25. The SMILES string of the molecule is CC(C)(C)OC(=O)NCc1nnc(CC(=O)NC(c2cccnc2)c2cc3ccccc3o2)o1. The fourth-order valence-corrected chi connectivity index (χ4v) is 3.25.